The van der Waals surface area contributed by atoms with Crippen molar-refractivity contribution in [1.29, 1.82) is 0 Å². The molecule has 6 aromatic rings. The molecule has 3 aromatic heterocycles. The van der Waals surface area contributed by atoms with Gasteiger partial charge in [-0.1, -0.05) is 42.5 Å². The molecule has 3 aromatic carbocycles. The highest BCUT2D eigenvalue weighted by Crippen LogP contribution is 2.35. The van der Waals surface area contributed by atoms with Crippen LogP contribution in [0.4, 0.5) is 27.8 Å². The molecule has 0 spiro atoms. The summed E-state index contributed by atoms with van der Waals surface area (Å²) >= 11 is 1.56. The summed E-state index contributed by atoms with van der Waals surface area (Å²) in [5.41, 5.74) is 6.77. The zero-order valence-electron chi connectivity index (χ0n) is 27.4. The van der Waals surface area contributed by atoms with Gasteiger partial charge in [0.1, 0.15) is 5.69 Å². The van der Waals surface area contributed by atoms with E-state index in [0.29, 0.717) is 11.6 Å². The Morgan fingerprint density at radius 2 is 1.63 bits per heavy atom. The Morgan fingerprint density at radius 1 is 0.857 bits per heavy atom. The molecule has 1 saturated heterocycles. The average Bonchev–Trinajstić information content (AvgIpc) is 3.72. The number of rotatable bonds is 12. The minimum absolute atomic E-state index is 0.318. The molecule has 11 nitrogen and oxygen atoms in total. The third-order valence-corrected chi connectivity index (χ3v) is 9.22. The highest BCUT2D eigenvalue weighted by Gasteiger charge is 2.20. The van der Waals surface area contributed by atoms with Crippen molar-refractivity contribution in [3.8, 4) is 22.6 Å². The van der Waals surface area contributed by atoms with Crippen molar-refractivity contribution < 1.29 is 9.53 Å². The van der Waals surface area contributed by atoms with Crippen LogP contribution >= 0.6 is 11.3 Å². The van der Waals surface area contributed by atoms with Crippen molar-refractivity contribution in [1.82, 2.24) is 29.2 Å². The highest BCUT2D eigenvalue weighted by molar-refractivity contribution is 7.15. The molecule has 49 heavy (non-hydrogen) atoms. The summed E-state index contributed by atoms with van der Waals surface area (Å²) < 4.78 is 7.26. The number of piperazine rings is 1. The standard InChI is InChI=1S/C37H39N9O2S/c1-48-22-7-16-44-17-19-45(20-18-44)26-27-8-5-12-30(24-27)39-35-38-15-14-32(42-35)34-33(43-37-46(34)21-23-49-37)28-9-6-13-31(25-28)41-36(47)40-29-10-3-2-4-11-29/h2-6,8-15,21,23-25H,7,16-20,22,26H2,1H3,(H,38,39,42)(H2,40,41,47). The number of carbonyl (C=O) groups excluding carboxylic acids is 1. The SMILES string of the molecule is COCCCN1CCN(Cc2cccc(Nc3nccc(-c4c(-c5cccc(NC(=O)Nc6ccccc6)c5)nc5sccn45)n3)c2)CC1. The molecule has 0 unspecified atom stereocenters. The van der Waals surface area contributed by atoms with E-state index in [2.05, 4.69) is 48.9 Å². The Hall–Kier alpha value is -5.14. The summed E-state index contributed by atoms with van der Waals surface area (Å²) in [7, 11) is 1.76. The first-order valence-electron chi connectivity index (χ1n) is 16.4. The number of methoxy groups -OCH3 is 1. The van der Waals surface area contributed by atoms with E-state index in [1.54, 1.807) is 24.6 Å². The van der Waals surface area contributed by atoms with Crippen LogP contribution in [-0.2, 0) is 11.3 Å². The molecule has 0 atom stereocenters. The van der Waals surface area contributed by atoms with Crippen molar-refractivity contribution >= 4 is 45.3 Å². The maximum atomic E-state index is 12.7. The van der Waals surface area contributed by atoms with E-state index < -0.39 is 0 Å². The highest BCUT2D eigenvalue weighted by atomic mass is 32.1. The molecule has 1 aliphatic heterocycles. The van der Waals surface area contributed by atoms with Crippen LogP contribution in [0.15, 0.2) is 103 Å². The van der Waals surface area contributed by atoms with Gasteiger partial charge >= 0.3 is 6.03 Å². The lowest BCUT2D eigenvalue weighted by Gasteiger charge is -2.34. The van der Waals surface area contributed by atoms with Crippen LogP contribution < -0.4 is 16.0 Å². The predicted octanol–water partition coefficient (Wildman–Crippen LogP) is 7.06. The van der Waals surface area contributed by atoms with Crippen molar-refractivity contribution in [3.63, 3.8) is 0 Å². The largest absolute Gasteiger partial charge is 0.385 e. The average molecular weight is 674 g/mol. The van der Waals surface area contributed by atoms with Gasteiger partial charge < -0.3 is 25.6 Å². The first-order chi connectivity index (χ1) is 24.1. The van der Waals surface area contributed by atoms with E-state index in [9.17, 15) is 4.79 Å². The van der Waals surface area contributed by atoms with Crippen LogP contribution in [0.3, 0.4) is 0 Å². The zero-order chi connectivity index (χ0) is 33.4. The number of carbonyl (C=O) groups is 1. The summed E-state index contributed by atoms with van der Waals surface area (Å²) in [5.74, 6) is 0.503. The molecule has 1 fully saturated rings. The molecule has 2 amide bonds. The summed E-state index contributed by atoms with van der Waals surface area (Å²) in [6, 6.07) is 27.1. The number of aromatic nitrogens is 4. The van der Waals surface area contributed by atoms with E-state index in [1.165, 1.54) is 5.56 Å². The minimum atomic E-state index is -0.318. The van der Waals surface area contributed by atoms with E-state index >= 15 is 0 Å². The van der Waals surface area contributed by atoms with Gasteiger partial charge in [0, 0.05) is 93.4 Å². The van der Waals surface area contributed by atoms with Gasteiger partial charge in [0.05, 0.1) is 11.4 Å². The number of thiazole rings is 1. The number of hydrogen-bond donors (Lipinski definition) is 3. The van der Waals surface area contributed by atoms with Gasteiger partial charge in [-0.05, 0) is 54.4 Å². The van der Waals surface area contributed by atoms with Gasteiger partial charge in [0.15, 0.2) is 4.96 Å². The number of hydrogen-bond acceptors (Lipinski definition) is 9. The number of imidazole rings is 1. The molecule has 0 saturated carbocycles. The number of amides is 2. The number of ether oxygens (including phenoxy) is 1. The van der Waals surface area contributed by atoms with Gasteiger partial charge in [0.25, 0.3) is 0 Å². The van der Waals surface area contributed by atoms with E-state index in [1.807, 2.05) is 82.7 Å². The second-order valence-corrected chi connectivity index (χ2v) is 12.8. The Kier molecular flexibility index (Phi) is 10.2. The summed E-state index contributed by atoms with van der Waals surface area (Å²) in [5, 5.41) is 11.2. The lowest BCUT2D eigenvalue weighted by atomic mass is 10.1. The maximum absolute atomic E-state index is 12.7. The molecule has 0 bridgehead atoms. The van der Waals surface area contributed by atoms with Gasteiger partial charge in [-0.15, -0.1) is 11.3 Å². The van der Waals surface area contributed by atoms with E-state index in [0.717, 1.165) is 91.3 Å². The molecule has 4 heterocycles. The second-order valence-electron chi connectivity index (χ2n) is 11.9. The number of nitrogens with zero attached hydrogens (tertiary/aromatic N) is 6. The first-order valence-corrected chi connectivity index (χ1v) is 17.3. The Morgan fingerprint density at radius 3 is 2.49 bits per heavy atom. The Labute approximate surface area is 289 Å². The lowest BCUT2D eigenvalue weighted by Crippen LogP contribution is -2.46. The molecule has 0 aliphatic carbocycles. The number of fused-ring (bicyclic) bond motifs is 1. The second kappa shape index (κ2) is 15.4. The van der Waals surface area contributed by atoms with Crippen LogP contribution in [0.1, 0.15) is 12.0 Å². The fourth-order valence-electron chi connectivity index (χ4n) is 6.08. The molecule has 250 valence electrons. The first kappa shape index (κ1) is 32.4. The topological polar surface area (TPSA) is 112 Å². The van der Waals surface area contributed by atoms with Crippen molar-refractivity contribution in [2.75, 3.05) is 62.4 Å². The lowest BCUT2D eigenvalue weighted by molar-refractivity contribution is 0.113. The quantitative estimate of drug-likeness (QED) is 0.118. The minimum Gasteiger partial charge on any atom is -0.385 e. The number of nitrogens with one attached hydrogen (secondary N) is 3. The fourth-order valence-corrected chi connectivity index (χ4v) is 6.79. The van der Waals surface area contributed by atoms with Crippen LogP contribution in [0.2, 0.25) is 0 Å². The van der Waals surface area contributed by atoms with Crippen molar-refractivity contribution in [2.45, 2.75) is 13.0 Å². The number of benzene rings is 3. The molecule has 0 radical (unpaired) electrons. The van der Waals surface area contributed by atoms with Gasteiger partial charge in [-0.2, -0.15) is 0 Å². The fraction of sp³-hybridized carbons (Fsp3) is 0.243. The van der Waals surface area contributed by atoms with E-state index in [-0.39, 0.29) is 6.03 Å². The molecule has 1 aliphatic rings. The maximum Gasteiger partial charge on any atom is 0.323 e. The summed E-state index contributed by atoms with van der Waals surface area (Å²) in [6.07, 6.45) is 4.84. The van der Waals surface area contributed by atoms with Crippen molar-refractivity contribution in [3.05, 3.63) is 108 Å². The third-order valence-electron chi connectivity index (χ3n) is 8.46. The normalized spacial score (nSPS) is 13.8. The van der Waals surface area contributed by atoms with Crippen molar-refractivity contribution in [2.24, 2.45) is 0 Å². The molecule has 7 rings (SSSR count). The molecule has 3 N–H and O–H groups in total. The zero-order valence-corrected chi connectivity index (χ0v) is 28.2. The van der Waals surface area contributed by atoms with Gasteiger partial charge in [-0.3, -0.25) is 9.30 Å². The smallest absolute Gasteiger partial charge is 0.323 e. The van der Waals surface area contributed by atoms with Crippen LogP contribution in [0.5, 0.6) is 0 Å². The number of anilines is 4. The van der Waals surface area contributed by atoms with Gasteiger partial charge in [-0.25, -0.2) is 19.7 Å². The number of urea groups is 1. The van der Waals surface area contributed by atoms with Crippen LogP contribution in [0.25, 0.3) is 27.6 Å². The van der Waals surface area contributed by atoms with Crippen LogP contribution in [-0.4, -0.2) is 81.6 Å². The molecule has 12 heteroatoms. The van der Waals surface area contributed by atoms with Crippen LogP contribution in [0, 0.1) is 0 Å². The molecular weight excluding hydrogens is 635 g/mol. The summed E-state index contributed by atoms with van der Waals surface area (Å²) in [4.78, 5) is 33.1. The number of para-hydroxylation sites is 1. The summed E-state index contributed by atoms with van der Waals surface area (Å²) in [6.45, 7) is 7.09. The third kappa shape index (κ3) is 8.12. The Balaban J connectivity index is 1.06. The monoisotopic (exact) mass is 673 g/mol. The predicted molar refractivity (Wildman–Crippen MR) is 197 cm³/mol. The Bertz CT molecular complexity index is 2000. The van der Waals surface area contributed by atoms with Gasteiger partial charge in [0.2, 0.25) is 5.95 Å². The molecular formula is C37H39N9O2S. The van der Waals surface area contributed by atoms with E-state index in [4.69, 9.17) is 14.7 Å².